The van der Waals surface area contributed by atoms with E-state index >= 15 is 0 Å². The number of rotatable bonds is 4. The van der Waals surface area contributed by atoms with Gasteiger partial charge in [-0.2, -0.15) is 5.10 Å². The van der Waals surface area contributed by atoms with E-state index in [0.29, 0.717) is 12.0 Å². The molecule has 0 saturated carbocycles. The molecule has 1 N–H and O–H groups in total. The Morgan fingerprint density at radius 2 is 1.82 bits per heavy atom. The fraction of sp³-hybridized carbons (Fsp3) is 0.524. The Morgan fingerprint density at radius 3 is 2.39 bits per heavy atom. The second kappa shape index (κ2) is 7.37. The second-order valence-corrected chi connectivity index (χ2v) is 8.05. The molecule has 28 heavy (non-hydrogen) atoms. The molecule has 7 nitrogen and oxygen atoms in total. The predicted octanol–water partition coefficient (Wildman–Crippen LogP) is 2.26. The molecule has 2 fully saturated rings. The summed E-state index contributed by atoms with van der Waals surface area (Å²) in [5, 5.41) is 7.17. The third-order valence-corrected chi connectivity index (χ3v) is 6.40. The molecule has 2 aliphatic heterocycles. The van der Waals surface area contributed by atoms with Crippen LogP contribution >= 0.6 is 0 Å². The lowest BCUT2D eigenvalue weighted by Crippen LogP contribution is -2.53. The molecular formula is C21H27N5O2. The Bertz CT molecular complexity index is 845. The van der Waals surface area contributed by atoms with Crippen LogP contribution in [0.15, 0.2) is 24.5 Å². The van der Waals surface area contributed by atoms with Crippen molar-refractivity contribution in [2.24, 2.45) is 0 Å². The number of nitrogens with one attached hydrogen (secondary N) is 1. The molecule has 2 amide bonds. The maximum atomic E-state index is 13.1. The lowest BCUT2D eigenvalue weighted by atomic mass is 9.94. The number of nitrogens with zero attached hydrogens (tertiary/aromatic N) is 4. The van der Waals surface area contributed by atoms with Gasteiger partial charge in [-0.1, -0.05) is 0 Å². The van der Waals surface area contributed by atoms with E-state index in [1.54, 1.807) is 24.5 Å². The highest BCUT2D eigenvalue weighted by molar-refractivity contribution is 5.94. The van der Waals surface area contributed by atoms with Gasteiger partial charge >= 0.3 is 0 Å². The van der Waals surface area contributed by atoms with E-state index in [1.165, 1.54) is 0 Å². The minimum atomic E-state index is 0.0243. The molecule has 4 heterocycles. The number of H-pyrrole nitrogens is 1. The van der Waals surface area contributed by atoms with Crippen LogP contribution in [0.3, 0.4) is 0 Å². The van der Waals surface area contributed by atoms with Crippen molar-refractivity contribution in [1.82, 2.24) is 25.0 Å². The molecule has 7 heteroatoms. The van der Waals surface area contributed by atoms with Crippen LogP contribution in [0.2, 0.25) is 0 Å². The zero-order valence-electron chi connectivity index (χ0n) is 16.7. The minimum Gasteiger partial charge on any atom is -0.339 e. The van der Waals surface area contributed by atoms with Crippen molar-refractivity contribution in [3.8, 4) is 0 Å². The van der Waals surface area contributed by atoms with Gasteiger partial charge in [0.05, 0.1) is 12.1 Å². The van der Waals surface area contributed by atoms with E-state index in [1.807, 2.05) is 25.8 Å². The predicted molar refractivity (Wildman–Crippen MR) is 105 cm³/mol. The van der Waals surface area contributed by atoms with Crippen LogP contribution in [0.5, 0.6) is 0 Å². The summed E-state index contributed by atoms with van der Waals surface area (Å²) >= 11 is 0. The molecule has 1 unspecified atom stereocenters. The SMILES string of the molecule is Cc1n[nH]c(C)c1CC(=O)N1[C@@H]2CC[C@H]1CC(N(C)C(=O)c1ccncc1)C2. The maximum absolute atomic E-state index is 13.1. The quantitative estimate of drug-likeness (QED) is 0.881. The first-order chi connectivity index (χ1) is 13.5. The molecule has 2 aliphatic rings. The Hall–Kier alpha value is -2.70. The Morgan fingerprint density at radius 1 is 1.18 bits per heavy atom. The number of hydrogen-bond acceptors (Lipinski definition) is 4. The van der Waals surface area contributed by atoms with Crippen molar-refractivity contribution < 1.29 is 9.59 Å². The largest absolute Gasteiger partial charge is 0.339 e. The van der Waals surface area contributed by atoms with Crippen LogP contribution < -0.4 is 0 Å². The molecule has 2 aromatic rings. The number of piperidine rings is 1. The second-order valence-electron chi connectivity index (χ2n) is 8.05. The molecule has 0 radical (unpaired) electrons. The Balaban J connectivity index is 1.44. The smallest absolute Gasteiger partial charge is 0.253 e. The summed E-state index contributed by atoms with van der Waals surface area (Å²) in [4.78, 5) is 33.8. The first-order valence-electron chi connectivity index (χ1n) is 9.94. The number of fused-ring (bicyclic) bond motifs is 2. The lowest BCUT2D eigenvalue weighted by molar-refractivity contribution is -0.135. The van der Waals surface area contributed by atoms with Crippen molar-refractivity contribution in [2.45, 2.75) is 64.1 Å². The van der Waals surface area contributed by atoms with Gasteiger partial charge < -0.3 is 9.80 Å². The highest BCUT2D eigenvalue weighted by Gasteiger charge is 2.44. The van der Waals surface area contributed by atoms with E-state index < -0.39 is 0 Å². The molecule has 148 valence electrons. The monoisotopic (exact) mass is 381 g/mol. The fourth-order valence-corrected chi connectivity index (χ4v) is 4.81. The van der Waals surface area contributed by atoms with E-state index in [9.17, 15) is 9.59 Å². The number of pyridine rings is 1. The number of hydrogen-bond donors (Lipinski definition) is 1. The van der Waals surface area contributed by atoms with Gasteiger partial charge in [0.1, 0.15) is 0 Å². The Kier molecular flexibility index (Phi) is 4.91. The first-order valence-corrected chi connectivity index (χ1v) is 9.94. The normalized spacial score (nSPS) is 23.7. The van der Waals surface area contributed by atoms with Crippen molar-refractivity contribution in [3.63, 3.8) is 0 Å². The van der Waals surface area contributed by atoms with Crippen molar-refractivity contribution in [2.75, 3.05) is 7.05 Å². The minimum absolute atomic E-state index is 0.0243. The van der Waals surface area contributed by atoms with Gasteiger partial charge in [0.15, 0.2) is 0 Å². The maximum Gasteiger partial charge on any atom is 0.253 e. The van der Waals surface area contributed by atoms with E-state index in [2.05, 4.69) is 20.1 Å². The molecule has 4 rings (SSSR count). The summed E-state index contributed by atoms with van der Waals surface area (Å²) in [7, 11) is 1.88. The average molecular weight is 381 g/mol. The summed E-state index contributed by atoms with van der Waals surface area (Å²) in [5.41, 5.74) is 3.54. The van der Waals surface area contributed by atoms with E-state index in [-0.39, 0.29) is 29.9 Å². The summed E-state index contributed by atoms with van der Waals surface area (Å²) in [6.07, 6.45) is 7.42. The van der Waals surface area contributed by atoms with Gasteiger partial charge in [0.2, 0.25) is 5.91 Å². The summed E-state index contributed by atoms with van der Waals surface area (Å²) < 4.78 is 0. The van der Waals surface area contributed by atoms with Crippen molar-refractivity contribution >= 4 is 11.8 Å². The van der Waals surface area contributed by atoms with Crippen LogP contribution in [0, 0.1) is 13.8 Å². The van der Waals surface area contributed by atoms with Crippen LogP contribution in [0.25, 0.3) is 0 Å². The zero-order valence-corrected chi connectivity index (χ0v) is 16.7. The zero-order chi connectivity index (χ0) is 19.8. The molecular weight excluding hydrogens is 354 g/mol. The third kappa shape index (κ3) is 3.30. The first kappa shape index (κ1) is 18.7. The average Bonchev–Trinajstić information content (AvgIpc) is 3.16. The van der Waals surface area contributed by atoms with Crippen molar-refractivity contribution in [1.29, 1.82) is 0 Å². The number of aryl methyl sites for hydroxylation is 2. The number of amides is 2. The van der Waals surface area contributed by atoms with Crippen LogP contribution in [0.4, 0.5) is 0 Å². The topological polar surface area (TPSA) is 82.2 Å². The lowest BCUT2D eigenvalue weighted by Gasteiger charge is -2.42. The molecule has 2 aromatic heterocycles. The standard InChI is InChI=1S/C21H27N5O2/c1-13-19(14(2)24-23-13)12-20(27)26-16-4-5-17(26)11-18(10-16)25(3)21(28)15-6-8-22-9-7-15/h6-9,16-18H,4-5,10-12H2,1-3H3,(H,23,24)/t16-,17+,18?. The number of carbonyl (C=O) groups is 2. The summed E-state index contributed by atoms with van der Waals surface area (Å²) in [5.74, 6) is 0.206. The highest BCUT2D eigenvalue weighted by Crippen LogP contribution is 2.38. The van der Waals surface area contributed by atoms with Crippen LogP contribution in [0.1, 0.15) is 53.0 Å². The van der Waals surface area contributed by atoms with Gasteiger partial charge in [-0.3, -0.25) is 19.7 Å². The van der Waals surface area contributed by atoms with Crippen molar-refractivity contribution in [3.05, 3.63) is 47.0 Å². The number of aromatic amines is 1. The third-order valence-electron chi connectivity index (χ3n) is 6.40. The van der Waals surface area contributed by atoms with Crippen LogP contribution in [-0.4, -0.2) is 62.0 Å². The van der Waals surface area contributed by atoms with E-state index in [4.69, 9.17) is 0 Å². The van der Waals surface area contributed by atoms with Crippen LogP contribution in [-0.2, 0) is 11.2 Å². The number of carbonyl (C=O) groups excluding carboxylic acids is 2. The van der Waals surface area contributed by atoms with Gasteiger partial charge in [-0.25, -0.2) is 0 Å². The molecule has 3 atom stereocenters. The number of aromatic nitrogens is 3. The van der Waals surface area contributed by atoms with E-state index in [0.717, 1.165) is 42.6 Å². The molecule has 0 aromatic carbocycles. The van der Waals surface area contributed by atoms with Gasteiger partial charge in [0.25, 0.3) is 5.91 Å². The fourth-order valence-electron chi connectivity index (χ4n) is 4.81. The molecule has 0 aliphatic carbocycles. The summed E-state index contributed by atoms with van der Waals surface area (Å²) in [6.45, 7) is 3.90. The van der Waals surface area contributed by atoms with Gasteiger partial charge in [0, 0.05) is 54.4 Å². The van der Waals surface area contributed by atoms with Gasteiger partial charge in [-0.05, 0) is 51.7 Å². The Labute approximate surface area is 165 Å². The highest BCUT2D eigenvalue weighted by atomic mass is 16.2. The molecule has 2 saturated heterocycles. The van der Waals surface area contributed by atoms with Gasteiger partial charge in [-0.15, -0.1) is 0 Å². The molecule has 0 spiro atoms. The summed E-state index contributed by atoms with van der Waals surface area (Å²) in [6, 6.07) is 4.11. The molecule has 2 bridgehead atoms.